The molecule has 7 heteroatoms. The number of anilines is 1. The molecule has 2 heterocycles. The Labute approximate surface area is 110 Å². The fraction of sp³-hybridized carbons (Fsp3) is 0.667. The van der Waals surface area contributed by atoms with Gasteiger partial charge in [-0.15, -0.1) is 0 Å². The highest BCUT2D eigenvalue weighted by atomic mass is 16.6. The molecule has 0 N–H and O–H groups in total. The van der Waals surface area contributed by atoms with Crippen molar-refractivity contribution in [1.82, 2.24) is 9.97 Å². The summed E-state index contributed by atoms with van der Waals surface area (Å²) < 4.78 is 5.39. The molecule has 7 nitrogen and oxygen atoms in total. The molecule has 0 amide bonds. The fourth-order valence-corrected chi connectivity index (χ4v) is 2.34. The molecular weight excluding hydrogens is 248 g/mol. The first-order valence-corrected chi connectivity index (χ1v) is 6.55. The van der Waals surface area contributed by atoms with Gasteiger partial charge >= 0.3 is 5.69 Å². The number of nitrogens with zero attached hydrogens (tertiary/aromatic N) is 4. The minimum atomic E-state index is -0.476. The van der Waals surface area contributed by atoms with Crippen molar-refractivity contribution in [2.45, 2.75) is 25.3 Å². The first-order chi connectivity index (χ1) is 9.24. The van der Waals surface area contributed by atoms with E-state index >= 15 is 0 Å². The Bertz CT molecular complexity index is 455. The van der Waals surface area contributed by atoms with Gasteiger partial charge in [-0.3, -0.25) is 10.1 Å². The summed E-state index contributed by atoms with van der Waals surface area (Å²) in [5.41, 5.74) is -0.0660. The fourth-order valence-electron chi connectivity index (χ4n) is 2.34. The third-order valence-electron chi connectivity index (χ3n) is 3.56. The summed E-state index contributed by atoms with van der Waals surface area (Å²) in [6.45, 7) is 2.49. The van der Waals surface area contributed by atoms with Gasteiger partial charge in [0.15, 0.2) is 0 Å². The summed E-state index contributed by atoms with van der Waals surface area (Å²) in [6.07, 6.45) is 5.92. The number of ether oxygens (including phenoxy) is 1. The van der Waals surface area contributed by atoms with Crippen molar-refractivity contribution in [3.8, 4) is 0 Å². The van der Waals surface area contributed by atoms with Crippen LogP contribution in [0.3, 0.4) is 0 Å². The van der Waals surface area contributed by atoms with E-state index in [1.807, 2.05) is 0 Å². The van der Waals surface area contributed by atoms with Crippen molar-refractivity contribution >= 4 is 11.6 Å². The average Bonchev–Trinajstić information content (AvgIpc) is 3.13. The molecule has 2 aliphatic rings. The predicted molar refractivity (Wildman–Crippen MR) is 68.0 cm³/mol. The van der Waals surface area contributed by atoms with Crippen molar-refractivity contribution in [2.24, 2.45) is 5.92 Å². The number of hydrogen-bond donors (Lipinski definition) is 0. The number of rotatable bonds is 5. The van der Waals surface area contributed by atoms with E-state index < -0.39 is 4.92 Å². The van der Waals surface area contributed by atoms with E-state index in [1.54, 1.807) is 0 Å². The molecule has 0 spiro atoms. The van der Waals surface area contributed by atoms with E-state index in [9.17, 15) is 10.1 Å². The van der Waals surface area contributed by atoms with Crippen LogP contribution >= 0.6 is 0 Å². The van der Waals surface area contributed by atoms with E-state index in [1.165, 1.54) is 12.4 Å². The summed E-state index contributed by atoms with van der Waals surface area (Å²) in [4.78, 5) is 20.6. The summed E-state index contributed by atoms with van der Waals surface area (Å²) in [5, 5.41) is 10.6. The van der Waals surface area contributed by atoms with Crippen LogP contribution in [0.15, 0.2) is 12.4 Å². The Morgan fingerprint density at radius 3 is 2.63 bits per heavy atom. The standard InChI is InChI=1S/C12H16N4O3/c17-16(18)11-5-13-12(14-6-11)15(10-1-2-10)7-9-3-4-19-8-9/h5-6,9-10H,1-4,7-8H2/t9-/m0/s1. The second-order valence-electron chi connectivity index (χ2n) is 5.11. The molecule has 1 aromatic rings. The Morgan fingerprint density at radius 2 is 2.11 bits per heavy atom. The predicted octanol–water partition coefficient (Wildman–Crippen LogP) is 1.39. The number of hydrogen-bond acceptors (Lipinski definition) is 6. The molecule has 1 saturated carbocycles. The molecule has 1 aromatic heterocycles. The maximum atomic E-state index is 10.6. The summed E-state index contributed by atoms with van der Waals surface area (Å²) >= 11 is 0. The molecule has 0 bridgehead atoms. The molecule has 0 radical (unpaired) electrons. The lowest BCUT2D eigenvalue weighted by Crippen LogP contribution is -2.33. The molecule has 1 aliphatic carbocycles. The Hall–Kier alpha value is -1.76. The third kappa shape index (κ3) is 2.81. The molecule has 1 atom stereocenters. The van der Waals surface area contributed by atoms with Gasteiger partial charge in [0.05, 0.1) is 11.5 Å². The van der Waals surface area contributed by atoms with Crippen LogP contribution in [0.4, 0.5) is 11.6 Å². The Kier molecular flexibility index (Phi) is 3.29. The maximum Gasteiger partial charge on any atom is 0.305 e. The topological polar surface area (TPSA) is 81.4 Å². The van der Waals surface area contributed by atoms with Crippen molar-refractivity contribution in [3.05, 3.63) is 22.5 Å². The van der Waals surface area contributed by atoms with Crippen LogP contribution in [-0.4, -0.2) is 40.7 Å². The molecule has 102 valence electrons. The van der Waals surface area contributed by atoms with Crippen LogP contribution in [0.5, 0.6) is 0 Å². The monoisotopic (exact) mass is 264 g/mol. The minimum absolute atomic E-state index is 0.0660. The van der Waals surface area contributed by atoms with Gasteiger partial charge in [-0.1, -0.05) is 0 Å². The van der Waals surface area contributed by atoms with Crippen molar-refractivity contribution in [3.63, 3.8) is 0 Å². The third-order valence-corrected chi connectivity index (χ3v) is 3.56. The molecule has 19 heavy (non-hydrogen) atoms. The van der Waals surface area contributed by atoms with Crippen molar-refractivity contribution in [1.29, 1.82) is 0 Å². The largest absolute Gasteiger partial charge is 0.381 e. The van der Waals surface area contributed by atoms with Gasteiger partial charge in [-0.25, -0.2) is 9.97 Å². The van der Waals surface area contributed by atoms with Gasteiger partial charge in [0.2, 0.25) is 5.95 Å². The first kappa shape index (κ1) is 12.3. The summed E-state index contributed by atoms with van der Waals surface area (Å²) in [7, 11) is 0. The van der Waals surface area contributed by atoms with Crippen LogP contribution in [0.25, 0.3) is 0 Å². The first-order valence-electron chi connectivity index (χ1n) is 6.55. The van der Waals surface area contributed by atoms with Crippen LogP contribution in [0, 0.1) is 16.0 Å². The smallest absolute Gasteiger partial charge is 0.305 e. The van der Waals surface area contributed by atoms with Gasteiger partial charge in [-0.2, -0.15) is 0 Å². The molecular formula is C12H16N4O3. The van der Waals surface area contributed by atoms with E-state index in [0.29, 0.717) is 17.9 Å². The summed E-state index contributed by atoms with van der Waals surface area (Å²) in [5.74, 6) is 1.11. The second kappa shape index (κ2) is 5.08. The van der Waals surface area contributed by atoms with E-state index in [4.69, 9.17) is 4.74 Å². The quantitative estimate of drug-likeness (QED) is 0.590. The Morgan fingerprint density at radius 1 is 1.37 bits per heavy atom. The molecule has 3 rings (SSSR count). The normalized spacial score (nSPS) is 22.4. The SMILES string of the molecule is O=[N+]([O-])c1cnc(N(C[C@@H]2CCOC2)C2CC2)nc1. The van der Waals surface area contributed by atoms with Crippen molar-refractivity contribution < 1.29 is 9.66 Å². The van der Waals surface area contributed by atoms with E-state index in [0.717, 1.165) is 39.0 Å². The Balaban J connectivity index is 1.73. The van der Waals surface area contributed by atoms with Gasteiger partial charge in [-0.05, 0) is 19.3 Å². The summed E-state index contributed by atoms with van der Waals surface area (Å²) in [6, 6.07) is 0.488. The van der Waals surface area contributed by atoms with Crippen LogP contribution in [0.2, 0.25) is 0 Å². The second-order valence-corrected chi connectivity index (χ2v) is 5.11. The van der Waals surface area contributed by atoms with Gasteiger partial charge in [0, 0.05) is 25.1 Å². The average molecular weight is 264 g/mol. The number of nitro groups is 1. The highest BCUT2D eigenvalue weighted by molar-refractivity contribution is 5.37. The zero-order valence-electron chi connectivity index (χ0n) is 10.6. The van der Waals surface area contributed by atoms with Gasteiger partial charge in [0.25, 0.3) is 0 Å². The highest BCUT2D eigenvalue weighted by Gasteiger charge is 2.33. The van der Waals surface area contributed by atoms with Crippen LogP contribution in [0.1, 0.15) is 19.3 Å². The molecule has 1 aliphatic heterocycles. The van der Waals surface area contributed by atoms with Gasteiger partial charge in [0.1, 0.15) is 12.4 Å². The van der Waals surface area contributed by atoms with Crippen LogP contribution < -0.4 is 4.90 Å². The molecule has 0 unspecified atom stereocenters. The van der Waals surface area contributed by atoms with E-state index in [2.05, 4.69) is 14.9 Å². The lowest BCUT2D eigenvalue weighted by Gasteiger charge is -2.24. The zero-order valence-corrected chi connectivity index (χ0v) is 10.6. The van der Waals surface area contributed by atoms with Crippen LogP contribution in [-0.2, 0) is 4.74 Å². The van der Waals surface area contributed by atoms with Crippen molar-refractivity contribution in [2.75, 3.05) is 24.7 Å². The minimum Gasteiger partial charge on any atom is -0.381 e. The highest BCUT2D eigenvalue weighted by Crippen LogP contribution is 2.31. The maximum absolute atomic E-state index is 10.6. The molecule has 1 saturated heterocycles. The lowest BCUT2D eigenvalue weighted by molar-refractivity contribution is -0.385. The lowest BCUT2D eigenvalue weighted by atomic mass is 10.1. The van der Waals surface area contributed by atoms with Gasteiger partial charge < -0.3 is 9.64 Å². The molecule has 0 aromatic carbocycles. The number of aromatic nitrogens is 2. The van der Waals surface area contributed by atoms with E-state index in [-0.39, 0.29) is 5.69 Å². The molecule has 2 fully saturated rings. The zero-order chi connectivity index (χ0) is 13.2.